The molecule has 0 unspecified atom stereocenters. The smallest absolute Gasteiger partial charge is 0.257 e. The molecule has 0 spiro atoms. The predicted molar refractivity (Wildman–Crippen MR) is 82.9 cm³/mol. The highest BCUT2D eigenvalue weighted by Gasteiger charge is 2.25. The summed E-state index contributed by atoms with van der Waals surface area (Å²) in [6.07, 6.45) is 3.79. The number of carbonyl (C=O) groups excluding carboxylic acids is 1. The summed E-state index contributed by atoms with van der Waals surface area (Å²) >= 11 is 0. The Hall–Kier alpha value is -2.37. The Morgan fingerprint density at radius 2 is 2.27 bits per heavy atom. The second kappa shape index (κ2) is 6.17. The number of hydrogen-bond donors (Lipinski definition) is 1. The van der Waals surface area contributed by atoms with Crippen molar-refractivity contribution in [2.24, 2.45) is 0 Å². The van der Waals surface area contributed by atoms with E-state index in [9.17, 15) is 4.79 Å². The van der Waals surface area contributed by atoms with Crippen LogP contribution in [0.2, 0.25) is 0 Å². The Morgan fingerprint density at radius 1 is 1.41 bits per heavy atom. The zero-order valence-corrected chi connectivity index (χ0v) is 12.9. The lowest BCUT2D eigenvalue weighted by Gasteiger charge is -2.33. The van der Waals surface area contributed by atoms with E-state index in [2.05, 4.69) is 20.4 Å². The number of amides is 1. The highest BCUT2D eigenvalue weighted by Crippen LogP contribution is 2.18. The Kier molecular flexibility index (Phi) is 4.09. The Balaban J connectivity index is 1.67. The third kappa shape index (κ3) is 2.95. The molecule has 3 heterocycles. The summed E-state index contributed by atoms with van der Waals surface area (Å²) in [6, 6.07) is 5.99. The monoisotopic (exact) mass is 300 g/mol. The van der Waals surface area contributed by atoms with Crippen molar-refractivity contribution in [3.63, 3.8) is 0 Å². The molecule has 3 rings (SSSR count). The highest BCUT2D eigenvalue weighted by atomic mass is 16.5. The van der Waals surface area contributed by atoms with E-state index in [1.165, 1.54) is 0 Å². The number of aromatic nitrogens is 2. The molecule has 1 fully saturated rings. The quantitative estimate of drug-likeness (QED) is 0.939. The van der Waals surface area contributed by atoms with Crippen LogP contribution in [0.3, 0.4) is 0 Å². The van der Waals surface area contributed by atoms with Gasteiger partial charge in [0.1, 0.15) is 17.1 Å². The Bertz CT molecular complexity index is 634. The molecular weight excluding hydrogens is 280 g/mol. The standard InChI is InChI=1S/C16H20N4O2/c1-11-15(12(2)22-19-11)16(21)18-13-6-5-9-20(10-13)14-7-3-4-8-17-14/h3-4,7-8,13H,5-6,9-10H2,1-2H3,(H,18,21)/t13-/m1/s1. The first kappa shape index (κ1) is 14.6. The summed E-state index contributed by atoms with van der Waals surface area (Å²) in [6.45, 7) is 5.28. The van der Waals surface area contributed by atoms with Crippen LogP contribution in [0.5, 0.6) is 0 Å². The van der Waals surface area contributed by atoms with E-state index in [1.54, 1.807) is 20.0 Å². The largest absolute Gasteiger partial charge is 0.361 e. The van der Waals surface area contributed by atoms with Crippen molar-refractivity contribution in [1.82, 2.24) is 15.5 Å². The van der Waals surface area contributed by atoms with Crippen molar-refractivity contribution in [3.05, 3.63) is 41.4 Å². The fourth-order valence-corrected chi connectivity index (χ4v) is 2.91. The summed E-state index contributed by atoms with van der Waals surface area (Å²) in [7, 11) is 0. The van der Waals surface area contributed by atoms with E-state index in [1.807, 2.05) is 18.2 Å². The molecule has 0 bridgehead atoms. The molecule has 6 heteroatoms. The molecule has 1 atom stereocenters. The van der Waals surface area contributed by atoms with Crippen LogP contribution in [0.25, 0.3) is 0 Å². The second-order valence-corrected chi connectivity index (χ2v) is 5.65. The minimum Gasteiger partial charge on any atom is -0.361 e. The molecule has 1 aliphatic rings. The van der Waals surface area contributed by atoms with Crippen LogP contribution >= 0.6 is 0 Å². The van der Waals surface area contributed by atoms with Crippen LogP contribution in [-0.4, -0.2) is 35.2 Å². The minimum atomic E-state index is -0.107. The fraction of sp³-hybridized carbons (Fsp3) is 0.438. The SMILES string of the molecule is Cc1noc(C)c1C(=O)N[C@@H]1CCCN(c2ccccn2)C1. The number of anilines is 1. The van der Waals surface area contributed by atoms with Gasteiger partial charge in [-0.1, -0.05) is 11.2 Å². The van der Waals surface area contributed by atoms with Gasteiger partial charge in [-0.3, -0.25) is 4.79 Å². The maximum Gasteiger partial charge on any atom is 0.257 e. The summed E-state index contributed by atoms with van der Waals surface area (Å²) in [5.74, 6) is 1.41. The van der Waals surface area contributed by atoms with Crippen molar-refractivity contribution in [2.45, 2.75) is 32.7 Å². The number of nitrogens with one attached hydrogen (secondary N) is 1. The molecule has 0 aliphatic carbocycles. The van der Waals surface area contributed by atoms with E-state index >= 15 is 0 Å². The first-order valence-electron chi connectivity index (χ1n) is 7.55. The first-order chi connectivity index (χ1) is 10.6. The molecule has 0 radical (unpaired) electrons. The molecule has 116 valence electrons. The van der Waals surface area contributed by atoms with Crippen molar-refractivity contribution in [1.29, 1.82) is 0 Å². The van der Waals surface area contributed by atoms with Crippen LogP contribution in [-0.2, 0) is 0 Å². The van der Waals surface area contributed by atoms with Gasteiger partial charge in [-0.25, -0.2) is 4.98 Å². The number of hydrogen-bond acceptors (Lipinski definition) is 5. The molecule has 6 nitrogen and oxygen atoms in total. The number of nitrogens with zero attached hydrogens (tertiary/aromatic N) is 3. The van der Waals surface area contributed by atoms with Gasteiger partial charge in [-0.2, -0.15) is 0 Å². The number of aryl methyl sites for hydroxylation is 2. The number of rotatable bonds is 3. The van der Waals surface area contributed by atoms with E-state index in [0.717, 1.165) is 31.7 Å². The zero-order chi connectivity index (χ0) is 15.5. The molecule has 2 aromatic heterocycles. The Morgan fingerprint density at radius 3 is 2.95 bits per heavy atom. The molecule has 1 N–H and O–H groups in total. The minimum absolute atomic E-state index is 0.107. The first-order valence-corrected chi connectivity index (χ1v) is 7.55. The van der Waals surface area contributed by atoms with E-state index in [0.29, 0.717) is 17.0 Å². The van der Waals surface area contributed by atoms with Gasteiger partial charge in [-0.05, 0) is 38.8 Å². The van der Waals surface area contributed by atoms with Crippen LogP contribution in [0.4, 0.5) is 5.82 Å². The lowest BCUT2D eigenvalue weighted by Crippen LogP contribution is -2.48. The fourth-order valence-electron chi connectivity index (χ4n) is 2.91. The topological polar surface area (TPSA) is 71.3 Å². The summed E-state index contributed by atoms with van der Waals surface area (Å²) in [5.41, 5.74) is 1.18. The van der Waals surface area contributed by atoms with Crippen molar-refractivity contribution >= 4 is 11.7 Å². The zero-order valence-electron chi connectivity index (χ0n) is 12.9. The summed E-state index contributed by atoms with van der Waals surface area (Å²) in [5, 5.41) is 6.93. The molecular formula is C16H20N4O2. The van der Waals surface area contributed by atoms with Gasteiger partial charge < -0.3 is 14.7 Å². The van der Waals surface area contributed by atoms with Gasteiger partial charge in [0.05, 0.1) is 5.69 Å². The van der Waals surface area contributed by atoms with Gasteiger partial charge in [-0.15, -0.1) is 0 Å². The highest BCUT2D eigenvalue weighted by molar-refractivity contribution is 5.96. The molecule has 1 aliphatic heterocycles. The molecule has 2 aromatic rings. The van der Waals surface area contributed by atoms with E-state index < -0.39 is 0 Å². The summed E-state index contributed by atoms with van der Waals surface area (Å²) < 4.78 is 5.06. The lowest BCUT2D eigenvalue weighted by molar-refractivity contribution is 0.0931. The summed E-state index contributed by atoms with van der Waals surface area (Å²) in [4.78, 5) is 19.0. The van der Waals surface area contributed by atoms with Crippen molar-refractivity contribution < 1.29 is 9.32 Å². The lowest BCUT2D eigenvalue weighted by atomic mass is 10.0. The van der Waals surface area contributed by atoms with Crippen molar-refractivity contribution in [3.8, 4) is 0 Å². The van der Waals surface area contributed by atoms with Crippen LogP contribution in [0, 0.1) is 13.8 Å². The van der Waals surface area contributed by atoms with Gasteiger partial charge in [0.2, 0.25) is 0 Å². The third-order valence-corrected chi connectivity index (χ3v) is 3.99. The second-order valence-electron chi connectivity index (χ2n) is 5.65. The normalized spacial score (nSPS) is 18.3. The van der Waals surface area contributed by atoms with Gasteiger partial charge >= 0.3 is 0 Å². The average Bonchev–Trinajstić information content (AvgIpc) is 2.87. The van der Waals surface area contributed by atoms with Crippen LogP contribution in [0.15, 0.2) is 28.9 Å². The van der Waals surface area contributed by atoms with Crippen LogP contribution in [0.1, 0.15) is 34.7 Å². The molecule has 22 heavy (non-hydrogen) atoms. The van der Waals surface area contributed by atoms with E-state index in [4.69, 9.17) is 4.52 Å². The number of piperidine rings is 1. The molecule has 1 amide bonds. The maximum absolute atomic E-state index is 12.4. The van der Waals surface area contributed by atoms with Gasteiger partial charge in [0.15, 0.2) is 0 Å². The third-order valence-electron chi connectivity index (χ3n) is 3.99. The predicted octanol–water partition coefficient (Wildman–Crippen LogP) is 2.09. The maximum atomic E-state index is 12.4. The van der Waals surface area contributed by atoms with Gasteiger partial charge in [0, 0.05) is 25.3 Å². The molecule has 1 saturated heterocycles. The number of pyridine rings is 1. The average molecular weight is 300 g/mol. The number of carbonyl (C=O) groups is 1. The van der Waals surface area contributed by atoms with Gasteiger partial charge in [0.25, 0.3) is 5.91 Å². The Labute approximate surface area is 129 Å². The molecule has 0 aromatic carbocycles. The van der Waals surface area contributed by atoms with Crippen molar-refractivity contribution in [2.75, 3.05) is 18.0 Å². The van der Waals surface area contributed by atoms with E-state index in [-0.39, 0.29) is 11.9 Å². The molecule has 0 saturated carbocycles. The van der Waals surface area contributed by atoms with Crippen LogP contribution < -0.4 is 10.2 Å².